The average molecular weight is 297 g/mol. The maximum atomic E-state index is 4.36. The van der Waals surface area contributed by atoms with Gasteiger partial charge in [-0.15, -0.1) is 11.3 Å². The molecule has 1 N–H and O–H groups in total. The van der Waals surface area contributed by atoms with Crippen LogP contribution in [0.25, 0.3) is 0 Å². The standard InChI is InChI=1S/C12H13BrN2S/c1-8-3-4-9(10(13)7-8)11(14-2)12-15-5-6-16-12/h3-7,11,14H,1-2H3. The van der Waals surface area contributed by atoms with Crippen molar-refractivity contribution in [2.24, 2.45) is 0 Å². The van der Waals surface area contributed by atoms with Gasteiger partial charge in [-0.05, 0) is 31.2 Å². The zero-order valence-corrected chi connectivity index (χ0v) is 11.6. The van der Waals surface area contributed by atoms with Crippen molar-refractivity contribution < 1.29 is 0 Å². The van der Waals surface area contributed by atoms with Crippen LogP contribution in [0.3, 0.4) is 0 Å². The van der Waals surface area contributed by atoms with E-state index >= 15 is 0 Å². The summed E-state index contributed by atoms with van der Waals surface area (Å²) in [5.74, 6) is 0. The molecule has 1 heterocycles. The van der Waals surface area contributed by atoms with E-state index in [0.29, 0.717) is 0 Å². The first-order chi connectivity index (χ1) is 7.72. The number of nitrogens with one attached hydrogen (secondary N) is 1. The molecule has 2 rings (SSSR count). The Balaban J connectivity index is 2.41. The van der Waals surface area contributed by atoms with Gasteiger partial charge in [0.05, 0.1) is 6.04 Å². The van der Waals surface area contributed by atoms with Crippen LogP contribution in [0.5, 0.6) is 0 Å². The van der Waals surface area contributed by atoms with Crippen LogP contribution in [0.1, 0.15) is 22.2 Å². The van der Waals surface area contributed by atoms with Gasteiger partial charge in [0.1, 0.15) is 5.01 Å². The molecule has 0 aliphatic rings. The molecule has 4 heteroatoms. The van der Waals surface area contributed by atoms with Gasteiger partial charge in [-0.3, -0.25) is 0 Å². The number of benzene rings is 1. The van der Waals surface area contributed by atoms with Crippen molar-refractivity contribution >= 4 is 27.3 Å². The maximum absolute atomic E-state index is 4.36. The van der Waals surface area contributed by atoms with Gasteiger partial charge >= 0.3 is 0 Å². The van der Waals surface area contributed by atoms with E-state index in [9.17, 15) is 0 Å². The molecule has 84 valence electrons. The number of aryl methyl sites for hydroxylation is 1. The molecule has 0 radical (unpaired) electrons. The molecule has 0 aliphatic carbocycles. The van der Waals surface area contributed by atoms with Crippen LogP contribution in [0.15, 0.2) is 34.2 Å². The number of hydrogen-bond donors (Lipinski definition) is 1. The van der Waals surface area contributed by atoms with Gasteiger partial charge in [0, 0.05) is 16.0 Å². The summed E-state index contributed by atoms with van der Waals surface area (Å²) in [5.41, 5.74) is 2.48. The molecule has 0 saturated carbocycles. The Kier molecular flexibility index (Phi) is 3.74. The van der Waals surface area contributed by atoms with Gasteiger partial charge in [0.15, 0.2) is 0 Å². The van der Waals surface area contributed by atoms with Crippen molar-refractivity contribution in [2.75, 3.05) is 7.05 Å². The minimum Gasteiger partial charge on any atom is -0.307 e. The Morgan fingerprint density at radius 3 is 2.81 bits per heavy atom. The van der Waals surface area contributed by atoms with Gasteiger partial charge in [0.25, 0.3) is 0 Å². The zero-order chi connectivity index (χ0) is 11.5. The summed E-state index contributed by atoms with van der Waals surface area (Å²) in [7, 11) is 1.96. The molecule has 16 heavy (non-hydrogen) atoms. The first-order valence-corrected chi connectivity index (χ1v) is 6.72. The van der Waals surface area contributed by atoms with E-state index in [-0.39, 0.29) is 6.04 Å². The molecule has 0 saturated heterocycles. The quantitative estimate of drug-likeness (QED) is 0.937. The van der Waals surface area contributed by atoms with E-state index in [0.717, 1.165) is 9.48 Å². The molecular weight excluding hydrogens is 284 g/mol. The molecule has 1 unspecified atom stereocenters. The number of halogens is 1. The summed E-state index contributed by atoms with van der Waals surface area (Å²) in [5, 5.41) is 6.39. The lowest BCUT2D eigenvalue weighted by molar-refractivity contribution is 0.683. The van der Waals surface area contributed by atoms with E-state index in [1.165, 1.54) is 11.1 Å². The third kappa shape index (κ3) is 2.34. The fraction of sp³-hybridized carbons (Fsp3) is 0.250. The summed E-state index contributed by atoms with van der Waals surface area (Å²) in [6.07, 6.45) is 1.84. The van der Waals surface area contributed by atoms with Crippen molar-refractivity contribution in [3.05, 3.63) is 50.4 Å². The van der Waals surface area contributed by atoms with Gasteiger partial charge in [-0.2, -0.15) is 0 Å². The minimum absolute atomic E-state index is 0.162. The number of hydrogen-bond acceptors (Lipinski definition) is 3. The molecule has 2 aromatic rings. The normalized spacial score (nSPS) is 12.7. The van der Waals surface area contributed by atoms with E-state index < -0.39 is 0 Å². The second-order valence-electron chi connectivity index (χ2n) is 3.62. The Hall–Kier alpha value is -0.710. The Morgan fingerprint density at radius 1 is 1.44 bits per heavy atom. The lowest BCUT2D eigenvalue weighted by atomic mass is 10.1. The average Bonchev–Trinajstić information content (AvgIpc) is 2.75. The summed E-state index contributed by atoms with van der Waals surface area (Å²) < 4.78 is 1.13. The SMILES string of the molecule is CNC(c1nccs1)c1ccc(C)cc1Br. The van der Waals surface area contributed by atoms with Crippen LogP contribution in [0.4, 0.5) is 0 Å². The van der Waals surface area contributed by atoms with Crippen LogP contribution in [-0.2, 0) is 0 Å². The minimum atomic E-state index is 0.162. The number of thiazole rings is 1. The molecule has 0 aliphatic heterocycles. The first kappa shape index (κ1) is 11.8. The first-order valence-electron chi connectivity index (χ1n) is 5.05. The third-order valence-electron chi connectivity index (χ3n) is 2.45. The van der Waals surface area contributed by atoms with Crippen molar-refractivity contribution in [2.45, 2.75) is 13.0 Å². The summed E-state index contributed by atoms with van der Waals surface area (Å²) in [6, 6.07) is 6.56. The molecule has 0 amide bonds. The highest BCUT2D eigenvalue weighted by atomic mass is 79.9. The Bertz CT molecular complexity index is 468. The molecular formula is C12H13BrN2S. The topological polar surface area (TPSA) is 24.9 Å². The highest BCUT2D eigenvalue weighted by Gasteiger charge is 2.16. The van der Waals surface area contributed by atoms with Crippen molar-refractivity contribution in [1.82, 2.24) is 10.3 Å². The van der Waals surface area contributed by atoms with Crippen LogP contribution < -0.4 is 5.32 Å². The van der Waals surface area contributed by atoms with Gasteiger partial charge in [-0.1, -0.05) is 28.1 Å². The molecule has 1 aromatic heterocycles. The predicted molar refractivity (Wildman–Crippen MR) is 71.9 cm³/mol. The smallest absolute Gasteiger partial charge is 0.114 e. The van der Waals surface area contributed by atoms with E-state index in [2.05, 4.69) is 51.4 Å². The highest BCUT2D eigenvalue weighted by molar-refractivity contribution is 9.10. The summed E-state index contributed by atoms with van der Waals surface area (Å²) >= 11 is 5.28. The van der Waals surface area contributed by atoms with E-state index in [1.54, 1.807) is 11.3 Å². The van der Waals surface area contributed by atoms with Gasteiger partial charge in [-0.25, -0.2) is 4.98 Å². The van der Waals surface area contributed by atoms with Crippen LogP contribution in [0.2, 0.25) is 0 Å². The highest BCUT2D eigenvalue weighted by Crippen LogP contribution is 2.29. The van der Waals surface area contributed by atoms with Crippen LogP contribution in [-0.4, -0.2) is 12.0 Å². The Morgan fingerprint density at radius 2 is 2.25 bits per heavy atom. The number of aromatic nitrogens is 1. The lowest BCUT2D eigenvalue weighted by Gasteiger charge is -2.16. The molecule has 0 bridgehead atoms. The lowest BCUT2D eigenvalue weighted by Crippen LogP contribution is -2.17. The largest absolute Gasteiger partial charge is 0.307 e. The van der Waals surface area contributed by atoms with E-state index in [4.69, 9.17) is 0 Å². The van der Waals surface area contributed by atoms with Crippen LogP contribution in [0, 0.1) is 6.92 Å². The maximum Gasteiger partial charge on any atom is 0.114 e. The van der Waals surface area contributed by atoms with Gasteiger partial charge < -0.3 is 5.32 Å². The van der Waals surface area contributed by atoms with Crippen molar-refractivity contribution in [1.29, 1.82) is 0 Å². The van der Waals surface area contributed by atoms with Crippen molar-refractivity contribution in [3.8, 4) is 0 Å². The number of rotatable bonds is 3. The van der Waals surface area contributed by atoms with Crippen LogP contribution >= 0.6 is 27.3 Å². The summed E-state index contributed by atoms with van der Waals surface area (Å²) in [6.45, 7) is 2.09. The second kappa shape index (κ2) is 5.08. The molecule has 2 nitrogen and oxygen atoms in total. The molecule has 0 spiro atoms. The number of nitrogens with zero attached hydrogens (tertiary/aromatic N) is 1. The fourth-order valence-electron chi connectivity index (χ4n) is 1.66. The Labute approximate surface area is 108 Å². The summed E-state index contributed by atoms with van der Waals surface area (Å²) in [4.78, 5) is 4.36. The third-order valence-corrected chi connectivity index (χ3v) is 3.98. The van der Waals surface area contributed by atoms with E-state index in [1.807, 2.05) is 18.6 Å². The molecule has 1 aromatic carbocycles. The zero-order valence-electron chi connectivity index (χ0n) is 9.20. The fourth-order valence-corrected chi connectivity index (χ4v) is 3.14. The predicted octanol–water partition coefficient (Wildman–Crippen LogP) is 3.52. The van der Waals surface area contributed by atoms with Crippen molar-refractivity contribution in [3.63, 3.8) is 0 Å². The molecule has 0 fully saturated rings. The van der Waals surface area contributed by atoms with Gasteiger partial charge in [0.2, 0.25) is 0 Å². The second-order valence-corrected chi connectivity index (χ2v) is 5.40. The molecule has 1 atom stereocenters. The monoisotopic (exact) mass is 296 g/mol.